The summed E-state index contributed by atoms with van der Waals surface area (Å²) in [7, 11) is 0. The summed E-state index contributed by atoms with van der Waals surface area (Å²) < 4.78 is 0. The SMILES string of the molecule is NC(Cc1cnc[nH]1)C(=O)N1CCc2[nH]c(=O)c3ccccc3c2C1. The van der Waals surface area contributed by atoms with E-state index < -0.39 is 6.04 Å². The Kier molecular flexibility index (Phi) is 3.85. The van der Waals surface area contributed by atoms with E-state index in [2.05, 4.69) is 15.0 Å². The number of carbonyl (C=O) groups is 1. The third-order valence-corrected chi connectivity index (χ3v) is 4.73. The Labute approximate surface area is 143 Å². The van der Waals surface area contributed by atoms with Gasteiger partial charge in [0, 0.05) is 48.9 Å². The van der Waals surface area contributed by atoms with Crippen LogP contribution in [-0.2, 0) is 24.2 Å². The number of hydrogen-bond donors (Lipinski definition) is 3. The molecule has 25 heavy (non-hydrogen) atoms. The molecule has 7 nitrogen and oxygen atoms in total. The highest BCUT2D eigenvalue weighted by atomic mass is 16.2. The van der Waals surface area contributed by atoms with Crippen LogP contribution in [0.2, 0.25) is 0 Å². The van der Waals surface area contributed by atoms with Gasteiger partial charge in [0.25, 0.3) is 5.56 Å². The maximum absolute atomic E-state index is 12.7. The topological polar surface area (TPSA) is 108 Å². The van der Waals surface area contributed by atoms with E-state index in [4.69, 9.17) is 5.73 Å². The van der Waals surface area contributed by atoms with Crippen LogP contribution in [0.4, 0.5) is 0 Å². The number of hydrogen-bond acceptors (Lipinski definition) is 4. The lowest BCUT2D eigenvalue weighted by Gasteiger charge is -2.31. The molecule has 0 aliphatic carbocycles. The average molecular weight is 337 g/mol. The number of pyridine rings is 1. The zero-order valence-electron chi connectivity index (χ0n) is 13.7. The van der Waals surface area contributed by atoms with E-state index in [0.29, 0.717) is 31.3 Å². The van der Waals surface area contributed by atoms with E-state index in [1.54, 1.807) is 23.5 Å². The summed E-state index contributed by atoms with van der Waals surface area (Å²) in [4.78, 5) is 36.6. The number of imidazole rings is 1. The van der Waals surface area contributed by atoms with Gasteiger partial charge >= 0.3 is 0 Å². The fourth-order valence-electron chi connectivity index (χ4n) is 3.44. The first-order valence-corrected chi connectivity index (χ1v) is 8.28. The molecule has 1 aliphatic rings. The quantitative estimate of drug-likeness (QED) is 0.654. The van der Waals surface area contributed by atoms with Crippen molar-refractivity contribution in [1.82, 2.24) is 19.9 Å². The second-order valence-corrected chi connectivity index (χ2v) is 6.35. The van der Waals surface area contributed by atoms with Gasteiger partial charge in [-0.15, -0.1) is 0 Å². The van der Waals surface area contributed by atoms with Crippen molar-refractivity contribution in [1.29, 1.82) is 0 Å². The Morgan fingerprint density at radius 3 is 2.88 bits per heavy atom. The van der Waals surface area contributed by atoms with E-state index in [1.807, 2.05) is 18.2 Å². The zero-order chi connectivity index (χ0) is 17.4. The van der Waals surface area contributed by atoms with Crippen molar-refractivity contribution in [3.8, 4) is 0 Å². The van der Waals surface area contributed by atoms with Crippen LogP contribution in [0, 0.1) is 0 Å². The number of fused-ring (bicyclic) bond motifs is 3. The number of amides is 1. The lowest BCUT2D eigenvalue weighted by Crippen LogP contribution is -2.47. The molecule has 1 aromatic carbocycles. The molecule has 7 heteroatoms. The molecular weight excluding hydrogens is 318 g/mol. The number of nitrogens with one attached hydrogen (secondary N) is 2. The summed E-state index contributed by atoms with van der Waals surface area (Å²) >= 11 is 0. The van der Waals surface area contributed by atoms with Crippen LogP contribution >= 0.6 is 0 Å². The summed E-state index contributed by atoms with van der Waals surface area (Å²) in [6.45, 7) is 1.01. The van der Waals surface area contributed by atoms with Gasteiger partial charge in [-0.2, -0.15) is 0 Å². The van der Waals surface area contributed by atoms with Crippen LogP contribution in [0.3, 0.4) is 0 Å². The van der Waals surface area contributed by atoms with Gasteiger partial charge in [0.1, 0.15) is 0 Å². The minimum Gasteiger partial charge on any atom is -0.348 e. The summed E-state index contributed by atoms with van der Waals surface area (Å²) in [5.41, 5.74) is 8.78. The van der Waals surface area contributed by atoms with E-state index in [1.165, 1.54) is 0 Å². The van der Waals surface area contributed by atoms with Gasteiger partial charge in [0.2, 0.25) is 5.91 Å². The van der Waals surface area contributed by atoms with Crippen LogP contribution < -0.4 is 11.3 Å². The minimum atomic E-state index is -0.615. The highest BCUT2D eigenvalue weighted by molar-refractivity contribution is 5.87. The molecule has 0 spiro atoms. The number of H-pyrrole nitrogens is 2. The van der Waals surface area contributed by atoms with Gasteiger partial charge < -0.3 is 20.6 Å². The smallest absolute Gasteiger partial charge is 0.256 e. The van der Waals surface area contributed by atoms with Crippen molar-refractivity contribution in [2.24, 2.45) is 5.73 Å². The monoisotopic (exact) mass is 337 g/mol. The first-order valence-electron chi connectivity index (χ1n) is 8.28. The molecule has 128 valence electrons. The van der Waals surface area contributed by atoms with Gasteiger partial charge in [-0.25, -0.2) is 4.98 Å². The summed E-state index contributed by atoms with van der Waals surface area (Å²) in [6, 6.07) is 6.88. The predicted octanol–water partition coefficient (Wildman–Crippen LogP) is 0.706. The Morgan fingerprint density at radius 2 is 2.12 bits per heavy atom. The highest BCUT2D eigenvalue weighted by Gasteiger charge is 2.27. The molecule has 1 aliphatic heterocycles. The Morgan fingerprint density at radius 1 is 1.32 bits per heavy atom. The summed E-state index contributed by atoms with van der Waals surface area (Å²) in [5.74, 6) is -0.0875. The fourth-order valence-corrected chi connectivity index (χ4v) is 3.44. The summed E-state index contributed by atoms with van der Waals surface area (Å²) in [5, 5.41) is 1.55. The van der Waals surface area contributed by atoms with Gasteiger partial charge in [0.15, 0.2) is 0 Å². The standard InChI is InChI=1S/C18H19N5O2/c19-15(7-11-8-20-10-21-11)18(25)23-6-5-16-14(9-23)12-3-1-2-4-13(12)17(24)22-16/h1-4,8,10,15H,5-7,9,19H2,(H,20,21)(H,22,24). The van der Waals surface area contributed by atoms with Crippen LogP contribution in [0.25, 0.3) is 10.8 Å². The van der Waals surface area contributed by atoms with Gasteiger partial charge in [0.05, 0.1) is 12.4 Å². The maximum atomic E-state index is 12.7. The molecule has 0 radical (unpaired) electrons. The third-order valence-electron chi connectivity index (χ3n) is 4.73. The zero-order valence-corrected chi connectivity index (χ0v) is 13.7. The molecule has 3 heterocycles. The van der Waals surface area contributed by atoms with Crippen molar-refractivity contribution < 1.29 is 4.79 Å². The molecule has 0 saturated heterocycles. The number of aromatic nitrogens is 3. The van der Waals surface area contributed by atoms with E-state index in [9.17, 15) is 9.59 Å². The molecule has 3 aromatic rings. The first kappa shape index (κ1) is 15.6. The highest BCUT2D eigenvalue weighted by Crippen LogP contribution is 2.24. The molecule has 1 atom stereocenters. The van der Waals surface area contributed by atoms with Crippen molar-refractivity contribution in [3.05, 3.63) is 64.1 Å². The Bertz CT molecular complexity index is 977. The number of benzene rings is 1. The molecule has 0 bridgehead atoms. The largest absolute Gasteiger partial charge is 0.348 e. The number of carbonyl (C=O) groups excluding carboxylic acids is 1. The van der Waals surface area contributed by atoms with Crippen molar-refractivity contribution in [2.45, 2.75) is 25.4 Å². The van der Waals surface area contributed by atoms with E-state index in [-0.39, 0.29) is 11.5 Å². The van der Waals surface area contributed by atoms with Crippen LogP contribution in [0.1, 0.15) is 17.0 Å². The lowest BCUT2D eigenvalue weighted by atomic mass is 9.98. The molecule has 0 saturated carbocycles. The van der Waals surface area contributed by atoms with Crippen LogP contribution in [0.15, 0.2) is 41.6 Å². The minimum absolute atomic E-state index is 0.0786. The lowest BCUT2D eigenvalue weighted by molar-refractivity contribution is -0.133. The maximum Gasteiger partial charge on any atom is 0.256 e. The van der Waals surface area contributed by atoms with Crippen molar-refractivity contribution in [3.63, 3.8) is 0 Å². The van der Waals surface area contributed by atoms with E-state index >= 15 is 0 Å². The Balaban J connectivity index is 1.61. The number of nitrogens with zero attached hydrogens (tertiary/aromatic N) is 2. The molecule has 0 fully saturated rings. The van der Waals surface area contributed by atoms with Crippen molar-refractivity contribution >= 4 is 16.7 Å². The average Bonchev–Trinajstić information content (AvgIpc) is 3.14. The second kappa shape index (κ2) is 6.18. The number of nitrogens with two attached hydrogens (primary N) is 1. The van der Waals surface area contributed by atoms with Gasteiger partial charge in [-0.05, 0) is 17.0 Å². The van der Waals surface area contributed by atoms with Crippen LogP contribution in [-0.4, -0.2) is 38.3 Å². The van der Waals surface area contributed by atoms with Crippen molar-refractivity contribution in [2.75, 3.05) is 6.54 Å². The van der Waals surface area contributed by atoms with Gasteiger partial charge in [-0.3, -0.25) is 9.59 Å². The molecule has 4 N–H and O–H groups in total. The second-order valence-electron chi connectivity index (χ2n) is 6.35. The van der Waals surface area contributed by atoms with Gasteiger partial charge in [-0.1, -0.05) is 18.2 Å². The third kappa shape index (κ3) is 2.83. The Hall–Kier alpha value is -2.93. The fraction of sp³-hybridized carbons (Fsp3) is 0.278. The molecule has 1 unspecified atom stereocenters. The van der Waals surface area contributed by atoms with E-state index in [0.717, 1.165) is 22.3 Å². The molecule has 1 amide bonds. The molecule has 4 rings (SSSR count). The number of rotatable bonds is 3. The number of aromatic amines is 2. The predicted molar refractivity (Wildman–Crippen MR) is 94.0 cm³/mol. The summed E-state index contributed by atoms with van der Waals surface area (Å²) in [6.07, 6.45) is 4.30. The first-order chi connectivity index (χ1) is 12.1. The molecule has 2 aromatic heterocycles. The molecular formula is C18H19N5O2. The normalized spacial score (nSPS) is 15.2. The van der Waals surface area contributed by atoms with Crippen LogP contribution in [0.5, 0.6) is 0 Å².